The Morgan fingerprint density at radius 1 is 1.26 bits per heavy atom. The van der Waals surface area contributed by atoms with Gasteiger partial charge in [0.15, 0.2) is 0 Å². The minimum Gasteiger partial charge on any atom is -0.494 e. The van der Waals surface area contributed by atoms with E-state index in [9.17, 15) is 14.7 Å². The molecule has 1 aromatic rings. The van der Waals surface area contributed by atoms with Crippen LogP contribution < -0.4 is 10.1 Å². The van der Waals surface area contributed by atoms with Gasteiger partial charge in [-0.25, -0.2) is 0 Å². The molecule has 0 atom stereocenters. The molecule has 126 valence electrons. The number of anilines is 1. The van der Waals surface area contributed by atoms with Crippen LogP contribution in [0.5, 0.6) is 5.75 Å². The second kappa shape index (κ2) is 7.49. The maximum absolute atomic E-state index is 12.1. The predicted octanol–water partition coefficient (Wildman–Crippen LogP) is 3.70. The fourth-order valence-corrected chi connectivity index (χ4v) is 2.63. The molecule has 1 amide bonds. The van der Waals surface area contributed by atoms with E-state index in [-0.39, 0.29) is 12.3 Å². The van der Waals surface area contributed by atoms with Crippen molar-refractivity contribution in [3.63, 3.8) is 0 Å². The molecule has 1 aliphatic rings. The summed E-state index contributed by atoms with van der Waals surface area (Å²) < 4.78 is 5.62. The van der Waals surface area contributed by atoms with Crippen LogP contribution in [0.4, 0.5) is 5.69 Å². The maximum atomic E-state index is 12.1. The molecule has 0 spiro atoms. The van der Waals surface area contributed by atoms with Gasteiger partial charge < -0.3 is 15.2 Å². The molecule has 0 aromatic heterocycles. The van der Waals surface area contributed by atoms with Crippen molar-refractivity contribution in [1.82, 2.24) is 0 Å². The molecular weight excluding hydrogens is 294 g/mol. The van der Waals surface area contributed by atoms with Crippen molar-refractivity contribution in [2.75, 3.05) is 11.9 Å². The lowest BCUT2D eigenvalue weighted by molar-refractivity contribution is -0.157. The van der Waals surface area contributed by atoms with Crippen LogP contribution in [0, 0.1) is 11.3 Å². The van der Waals surface area contributed by atoms with Gasteiger partial charge in [-0.15, -0.1) is 0 Å². The second-order valence-corrected chi connectivity index (χ2v) is 6.72. The summed E-state index contributed by atoms with van der Waals surface area (Å²) in [7, 11) is 0. The highest BCUT2D eigenvalue weighted by Gasteiger charge is 2.45. The van der Waals surface area contributed by atoms with Gasteiger partial charge in [-0.1, -0.05) is 20.3 Å². The lowest BCUT2D eigenvalue weighted by Crippen LogP contribution is -2.41. The van der Waals surface area contributed by atoms with E-state index in [1.165, 1.54) is 0 Å². The number of ether oxygens (including phenoxy) is 1. The Morgan fingerprint density at radius 3 is 2.39 bits per heavy atom. The molecule has 0 bridgehead atoms. The van der Waals surface area contributed by atoms with Crippen LogP contribution in [0.1, 0.15) is 46.0 Å². The minimum atomic E-state index is -0.868. The number of carboxylic acids is 1. The molecule has 5 heteroatoms. The molecule has 0 heterocycles. The zero-order valence-electron chi connectivity index (χ0n) is 13.8. The normalized spacial score (nSPS) is 15.8. The third kappa shape index (κ3) is 4.71. The van der Waals surface area contributed by atoms with Crippen LogP contribution in [0.15, 0.2) is 24.3 Å². The minimum absolute atomic E-state index is 0.0367. The van der Waals surface area contributed by atoms with Crippen molar-refractivity contribution >= 4 is 17.6 Å². The smallest absolute Gasteiger partial charge is 0.310 e. The van der Waals surface area contributed by atoms with E-state index in [0.717, 1.165) is 18.6 Å². The summed E-state index contributed by atoms with van der Waals surface area (Å²) >= 11 is 0. The third-order valence-electron chi connectivity index (χ3n) is 4.37. The summed E-state index contributed by atoms with van der Waals surface area (Å²) in [5.41, 5.74) is -0.199. The maximum Gasteiger partial charge on any atom is 0.310 e. The number of carbonyl (C=O) groups excluding carboxylic acids is 1. The average molecular weight is 319 g/mol. The molecule has 1 aromatic carbocycles. The Labute approximate surface area is 137 Å². The SMILES string of the molecule is CC(C)CCOc1ccc(NC(=O)CC2(C(=O)O)CCC2)cc1. The molecule has 0 saturated heterocycles. The van der Waals surface area contributed by atoms with Crippen molar-refractivity contribution in [3.8, 4) is 5.75 Å². The number of amides is 1. The van der Waals surface area contributed by atoms with Gasteiger partial charge in [0.25, 0.3) is 0 Å². The first-order valence-electron chi connectivity index (χ1n) is 8.17. The van der Waals surface area contributed by atoms with Gasteiger partial charge in [0.1, 0.15) is 5.75 Å². The fraction of sp³-hybridized carbons (Fsp3) is 0.556. The molecule has 5 nitrogen and oxygen atoms in total. The van der Waals surface area contributed by atoms with Crippen LogP contribution in [0.25, 0.3) is 0 Å². The van der Waals surface area contributed by atoms with E-state index >= 15 is 0 Å². The zero-order chi connectivity index (χ0) is 16.9. The summed E-state index contributed by atoms with van der Waals surface area (Å²) in [5, 5.41) is 12.0. The number of benzene rings is 1. The van der Waals surface area contributed by atoms with Gasteiger partial charge in [0.2, 0.25) is 5.91 Å². The number of hydrogen-bond acceptors (Lipinski definition) is 3. The molecule has 1 aliphatic carbocycles. The summed E-state index contributed by atoms with van der Waals surface area (Å²) in [6.45, 7) is 4.96. The highest BCUT2D eigenvalue weighted by molar-refractivity contribution is 5.94. The lowest BCUT2D eigenvalue weighted by Gasteiger charge is -2.36. The van der Waals surface area contributed by atoms with E-state index in [1.807, 2.05) is 12.1 Å². The van der Waals surface area contributed by atoms with Crippen LogP contribution in [0.2, 0.25) is 0 Å². The third-order valence-corrected chi connectivity index (χ3v) is 4.37. The summed E-state index contributed by atoms with van der Waals surface area (Å²) in [6.07, 6.45) is 3.07. The quantitative estimate of drug-likeness (QED) is 0.766. The molecular formula is C18H25NO4. The van der Waals surface area contributed by atoms with Crippen molar-refractivity contribution in [2.24, 2.45) is 11.3 Å². The van der Waals surface area contributed by atoms with Gasteiger partial charge >= 0.3 is 5.97 Å². The zero-order valence-corrected chi connectivity index (χ0v) is 13.8. The Balaban J connectivity index is 1.83. The predicted molar refractivity (Wildman–Crippen MR) is 88.6 cm³/mol. The molecule has 2 rings (SSSR count). The standard InChI is InChI=1S/C18H25NO4/c1-13(2)8-11-23-15-6-4-14(5-7-15)19-16(20)12-18(17(21)22)9-3-10-18/h4-7,13H,3,8-12H2,1-2H3,(H,19,20)(H,21,22). The average Bonchev–Trinajstić information content (AvgIpc) is 2.44. The van der Waals surface area contributed by atoms with Crippen LogP contribution in [-0.2, 0) is 9.59 Å². The van der Waals surface area contributed by atoms with E-state index in [0.29, 0.717) is 31.1 Å². The summed E-state index contributed by atoms with van der Waals surface area (Å²) in [6, 6.07) is 7.17. The fourth-order valence-electron chi connectivity index (χ4n) is 2.63. The highest BCUT2D eigenvalue weighted by atomic mass is 16.5. The van der Waals surface area contributed by atoms with E-state index < -0.39 is 11.4 Å². The number of rotatable bonds is 8. The van der Waals surface area contributed by atoms with Crippen molar-refractivity contribution in [2.45, 2.75) is 46.0 Å². The topological polar surface area (TPSA) is 75.6 Å². The first kappa shape index (κ1) is 17.3. The molecule has 2 N–H and O–H groups in total. The molecule has 0 aliphatic heterocycles. The highest BCUT2D eigenvalue weighted by Crippen LogP contribution is 2.44. The molecule has 1 saturated carbocycles. The lowest BCUT2D eigenvalue weighted by atomic mass is 9.66. The van der Waals surface area contributed by atoms with Gasteiger partial charge in [0.05, 0.1) is 12.0 Å². The van der Waals surface area contributed by atoms with Crippen LogP contribution >= 0.6 is 0 Å². The van der Waals surface area contributed by atoms with Crippen LogP contribution in [-0.4, -0.2) is 23.6 Å². The first-order valence-corrected chi connectivity index (χ1v) is 8.17. The number of hydrogen-bond donors (Lipinski definition) is 2. The number of carboxylic acid groups (broad SMARTS) is 1. The molecule has 0 radical (unpaired) electrons. The second-order valence-electron chi connectivity index (χ2n) is 6.72. The largest absolute Gasteiger partial charge is 0.494 e. The van der Waals surface area contributed by atoms with E-state index in [4.69, 9.17) is 4.74 Å². The van der Waals surface area contributed by atoms with Crippen LogP contribution in [0.3, 0.4) is 0 Å². The Morgan fingerprint density at radius 2 is 1.91 bits per heavy atom. The molecule has 0 unspecified atom stereocenters. The van der Waals surface area contributed by atoms with Crippen molar-refractivity contribution < 1.29 is 19.4 Å². The Bertz CT molecular complexity index is 547. The number of carbonyl (C=O) groups is 2. The first-order chi connectivity index (χ1) is 10.9. The Kier molecular flexibility index (Phi) is 5.64. The van der Waals surface area contributed by atoms with Gasteiger partial charge in [0, 0.05) is 12.1 Å². The summed E-state index contributed by atoms with van der Waals surface area (Å²) in [4.78, 5) is 23.3. The van der Waals surface area contributed by atoms with Crippen molar-refractivity contribution in [3.05, 3.63) is 24.3 Å². The molecule has 23 heavy (non-hydrogen) atoms. The molecule has 1 fully saturated rings. The van der Waals surface area contributed by atoms with E-state index in [2.05, 4.69) is 19.2 Å². The number of nitrogens with one attached hydrogen (secondary N) is 1. The van der Waals surface area contributed by atoms with Gasteiger partial charge in [-0.05, 0) is 49.4 Å². The van der Waals surface area contributed by atoms with Gasteiger partial charge in [-0.3, -0.25) is 9.59 Å². The monoisotopic (exact) mass is 319 g/mol. The number of aliphatic carboxylic acids is 1. The van der Waals surface area contributed by atoms with Gasteiger partial charge in [-0.2, -0.15) is 0 Å². The van der Waals surface area contributed by atoms with E-state index in [1.54, 1.807) is 12.1 Å². The summed E-state index contributed by atoms with van der Waals surface area (Å²) in [5.74, 6) is 0.250. The van der Waals surface area contributed by atoms with Crippen molar-refractivity contribution in [1.29, 1.82) is 0 Å². The Hall–Kier alpha value is -2.04.